The second-order valence-corrected chi connectivity index (χ2v) is 6.01. The van der Waals surface area contributed by atoms with E-state index in [1.54, 1.807) is 0 Å². The second kappa shape index (κ2) is 3.72. The molecule has 0 amide bonds. The standard InChI is InChI=1S/C12H24N2O/c1-11(2)9-15-12(3,13-11)8-10-6-5-7-14(10)4/h10,13H,5-9H2,1-4H3. The molecule has 0 radical (unpaired) electrons. The van der Waals surface area contributed by atoms with Gasteiger partial charge in [0, 0.05) is 18.0 Å². The molecule has 88 valence electrons. The summed E-state index contributed by atoms with van der Waals surface area (Å²) < 4.78 is 5.93. The molecule has 0 aromatic rings. The fourth-order valence-corrected chi connectivity index (χ4v) is 2.92. The molecule has 1 N–H and O–H groups in total. The quantitative estimate of drug-likeness (QED) is 0.752. The molecule has 0 saturated carbocycles. The van der Waals surface area contributed by atoms with Crippen molar-refractivity contribution in [3.05, 3.63) is 0 Å². The van der Waals surface area contributed by atoms with Gasteiger partial charge in [-0.2, -0.15) is 0 Å². The lowest BCUT2D eigenvalue weighted by molar-refractivity contribution is -0.0158. The number of nitrogens with one attached hydrogen (secondary N) is 1. The van der Waals surface area contributed by atoms with Crippen LogP contribution < -0.4 is 5.32 Å². The van der Waals surface area contributed by atoms with Crippen LogP contribution in [0.5, 0.6) is 0 Å². The van der Waals surface area contributed by atoms with E-state index in [0.29, 0.717) is 6.04 Å². The van der Waals surface area contributed by atoms with Crippen molar-refractivity contribution in [3.8, 4) is 0 Å². The lowest BCUT2D eigenvalue weighted by Gasteiger charge is -2.31. The Balaban J connectivity index is 1.94. The van der Waals surface area contributed by atoms with Crippen molar-refractivity contribution >= 4 is 0 Å². The van der Waals surface area contributed by atoms with Gasteiger partial charge in [-0.25, -0.2) is 0 Å². The highest BCUT2D eigenvalue weighted by atomic mass is 16.5. The fourth-order valence-electron chi connectivity index (χ4n) is 2.92. The number of hydrogen-bond acceptors (Lipinski definition) is 3. The van der Waals surface area contributed by atoms with Gasteiger partial charge in [-0.15, -0.1) is 0 Å². The summed E-state index contributed by atoms with van der Waals surface area (Å²) in [5, 5.41) is 3.61. The predicted octanol–water partition coefficient (Wildman–Crippen LogP) is 1.59. The molecule has 2 atom stereocenters. The number of likely N-dealkylation sites (tertiary alicyclic amines) is 1. The Hall–Kier alpha value is -0.120. The van der Waals surface area contributed by atoms with Gasteiger partial charge in [-0.3, -0.25) is 5.32 Å². The highest BCUT2D eigenvalue weighted by Crippen LogP contribution is 2.30. The Morgan fingerprint density at radius 1 is 1.40 bits per heavy atom. The molecule has 0 bridgehead atoms. The molecule has 2 unspecified atom stereocenters. The van der Waals surface area contributed by atoms with Gasteiger partial charge < -0.3 is 9.64 Å². The topological polar surface area (TPSA) is 24.5 Å². The molecule has 0 aromatic heterocycles. The molecule has 0 aliphatic carbocycles. The molecule has 2 fully saturated rings. The van der Waals surface area contributed by atoms with Gasteiger partial charge in [0.2, 0.25) is 0 Å². The summed E-state index contributed by atoms with van der Waals surface area (Å²) >= 11 is 0. The first kappa shape index (κ1) is 11.4. The van der Waals surface area contributed by atoms with Crippen LogP contribution in [-0.2, 0) is 4.74 Å². The molecule has 2 saturated heterocycles. The first-order chi connectivity index (χ1) is 6.90. The first-order valence-electron chi connectivity index (χ1n) is 6.04. The minimum absolute atomic E-state index is 0.118. The van der Waals surface area contributed by atoms with E-state index in [9.17, 15) is 0 Å². The molecule has 2 aliphatic rings. The largest absolute Gasteiger partial charge is 0.359 e. The van der Waals surface area contributed by atoms with E-state index in [0.717, 1.165) is 13.0 Å². The Kier molecular flexibility index (Phi) is 2.82. The van der Waals surface area contributed by atoms with Crippen LogP contribution in [0.4, 0.5) is 0 Å². The smallest absolute Gasteiger partial charge is 0.118 e. The van der Waals surface area contributed by atoms with Crippen molar-refractivity contribution in [1.82, 2.24) is 10.2 Å². The minimum Gasteiger partial charge on any atom is -0.359 e. The summed E-state index contributed by atoms with van der Waals surface area (Å²) in [5.41, 5.74) is 0.0126. The van der Waals surface area contributed by atoms with Crippen LogP contribution in [0, 0.1) is 0 Å². The first-order valence-corrected chi connectivity index (χ1v) is 6.04. The lowest BCUT2D eigenvalue weighted by Crippen LogP contribution is -2.49. The number of rotatable bonds is 2. The average Bonchev–Trinajstić information content (AvgIpc) is 2.59. The van der Waals surface area contributed by atoms with Crippen LogP contribution in [0.25, 0.3) is 0 Å². The molecule has 2 rings (SSSR count). The van der Waals surface area contributed by atoms with Crippen molar-refractivity contribution < 1.29 is 4.74 Å². The Morgan fingerprint density at radius 3 is 2.60 bits per heavy atom. The maximum atomic E-state index is 5.93. The third-order valence-electron chi connectivity index (χ3n) is 3.65. The van der Waals surface area contributed by atoms with E-state index in [2.05, 4.69) is 38.0 Å². The molecule has 2 aliphatic heterocycles. The normalized spacial score (nSPS) is 41.2. The van der Waals surface area contributed by atoms with E-state index in [4.69, 9.17) is 4.74 Å². The van der Waals surface area contributed by atoms with E-state index in [1.165, 1.54) is 19.4 Å². The molecule has 3 nitrogen and oxygen atoms in total. The summed E-state index contributed by atoms with van der Waals surface area (Å²) in [6.07, 6.45) is 3.76. The third-order valence-corrected chi connectivity index (χ3v) is 3.65. The van der Waals surface area contributed by atoms with Gasteiger partial charge in [0.05, 0.1) is 6.61 Å². The molecular weight excluding hydrogens is 188 g/mol. The van der Waals surface area contributed by atoms with Gasteiger partial charge in [-0.05, 0) is 47.2 Å². The minimum atomic E-state index is -0.118. The zero-order valence-corrected chi connectivity index (χ0v) is 10.5. The van der Waals surface area contributed by atoms with Gasteiger partial charge in [0.25, 0.3) is 0 Å². The van der Waals surface area contributed by atoms with E-state index in [1.807, 2.05) is 0 Å². The second-order valence-electron chi connectivity index (χ2n) is 6.01. The number of ether oxygens (including phenoxy) is 1. The lowest BCUT2D eigenvalue weighted by atomic mass is 10.0. The zero-order chi connectivity index (χ0) is 11.1. The maximum Gasteiger partial charge on any atom is 0.118 e. The summed E-state index contributed by atoms with van der Waals surface area (Å²) in [5.74, 6) is 0. The van der Waals surface area contributed by atoms with Crippen molar-refractivity contribution in [2.45, 2.75) is 57.3 Å². The molecular formula is C12H24N2O. The van der Waals surface area contributed by atoms with Crippen LogP contribution in [0.15, 0.2) is 0 Å². The van der Waals surface area contributed by atoms with Gasteiger partial charge in [0.1, 0.15) is 5.72 Å². The summed E-state index contributed by atoms with van der Waals surface area (Å²) in [6, 6.07) is 0.691. The van der Waals surface area contributed by atoms with E-state index in [-0.39, 0.29) is 11.3 Å². The van der Waals surface area contributed by atoms with Crippen LogP contribution in [0.1, 0.15) is 40.0 Å². The van der Waals surface area contributed by atoms with E-state index >= 15 is 0 Å². The van der Waals surface area contributed by atoms with Crippen LogP contribution >= 0.6 is 0 Å². The van der Waals surface area contributed by atoms with Crippen LogP contribution in [0.2, 0.25) is 0 Å². The molecule has 3 heteroatoms. The number of hydrogen-bond donors (Lipinski definition) is 1. The van der Waals surface area contributed by atoms with Crippen LogP contribution in [0.3, 0.4) is 0 Å². The average molecular weight is 212 g/mol. The van der Waals surface area contributed by atoms with E-state index < -0.39 is 0 Å². The van der Waals surface area contributed by atoms with Crippen molar-refractivity contribution in [1.29, 1.82) is 0 Å². The molecule has 0 spiro atoms. The monoisotopic (exact) mass is 212 g/mol. The Bertz CT molecular complexity index is 242. The number of nitrogens with zero attached hydrogens (tertiary/aromatic N) is 1. The molecule has 2 heterocycles. The SMILES string of the molecule is CN1CCCC1CC1(C)NC(C)(C)CO1. The van der Waals surface area contributed by atoms with Crippen molar-refractivity contribution in [2.24, 2.45) is 0 Å². The summed E-state index contributed by atoms with van der Waals surface area (Å²) in [6.45, 7) is 8.66. The van der Waals surface area contributed by atoms with Gasteiger partial charge in [-0.1, -0.05) is 0 Å². The van der Waals surface area contributed by atoms with Crippen molar-refractivity contribution in [2.75, 3.05) is 20.2 Å². The summed E-state index contributed by atoms with van der Waals surface area (Å²) in [7, 11) is 2.22. The van der Waals surface area contributed by atoms with Crippen molar-refractivity contribution in [3.63, 3.8) is 0 Å². The fraction of sp³-hybridized carbons (Fsp3) is 1.00. The van der Waals surface area contributed by atoms with Gasteiger partial charge >= 0.3 is 0 Å². The maximum absolute atomic E-state index is 5.93. The van der Waals surface area contributed by atoms with Gasteiger partial charge in [0.15, 0.2) is 0 Å². The third kappa shape index (κ3) is 2.52. The highest BCUT2D eigenvalue weighted by molar-refractivity contribution is 4.95. The Morgan fingerprint density at radius 2 is 2.13 bits per heavy atom. The van der Waals surface area contributed by atoms with Crippen LogP contribution in [-0.4, -0.2) is 42.4 Å². The molecule has 15 heavy (non-hydrogen) atoms. The highest BCUT2D eigenvalue weighted by Gasteiger charge is 2.42. The summed E-state index contributed by atoms with van der Waals surface area (Å²) in [4.78, 5) is 2.46. The Labute approximate surface area is 93.2 Å². The molecule has 0 aromatic carbocycles. The predicted molar refractivity (Wildman–Crippen MR) is 61.8 cm³/mol. The zero-order valence-electron chi connectivity index (χ0n) is 10.5.